The lowest BCUT2D eigenvalue weighted by Gasteiger charge is -2.37. The number of hydrazone groups is 1. The number of nitrogens with zero attached hydrogens (tertiary/aromatic N) is 4. The van der Waals surface area contributed by atoms with E-state index in [4.69, 9.17) is 0 Å². The SMILES string of the molecule is O=C(N1CC(=Cc2ccc(F)cc2)C1)N1N=CCC1c1cncc(F)c1. The van der Waals surface area contributed by atoms with Gasteiger partial charge in [-0.3, -0.25) is 4.98 Å². The quantitative estimate of drug-likeness (QED) is 0.827. The summed E-state index contributed by atoms with van der Waals surface area (Å²) in [6.07, 6.45) is 6.82. The molecule has 26 heavy (non-hydrogen) atoms. The summed E-state index contributed by atoms with van der Waals surface area (Å²) >= 11 is 0. The van der Waals surface area contributed by atoms with Gasteiger partial charge in [0, 0.05) is 31.9 Å². The molecule has 1 unspecified atom stereocenters. The predicted octanol–water partition coefficient (Wildman–Crippen LogP) is 3.61. The Morgan fingerprint density at radius 3 is 2.62 bits per heavy atom. The molecular formula is C19H16F2N4O. The van der Waals surface area contributed by atoms with Crippen molar-refractivity contribution in [1.29, 1.82) is 0 Å². The molecule has 1 aromatic carbocycles. The molecule has 4 rings (SSSR count). The van der Waals surface area contributed by atoms with Crippen LogP contribution in [0.4, 0.5) is 13.6 Å². The number of likely N-dealkylation sites (tertiary alicyclic amines) is 1. The van der Waals surface area contributed by atoms with Crippen molar-refractivity contribution in [2.24, 2.45) is 5.10 Å². The standard InChI is InChI=1S/C19H16F2N4O/c20-16-3-1-13(2-4-16)7-14-11-24(12-14)19(26)25-18(5-6-23-25)15-8-17(21)10-22-9-15/h1-4,6-10,18H,5,11-12H2. The molecule has 1 aromatic heterocycles. The summed E-state index contributed by atoms with van der Waals surface area (Å²) in [4.78, 5) is 18.2. The van der Waals surface area contributed by atoms with Gasteiger partial charge in [0.2, 0.25) is 0 Å². The summed E-state index contributed by atoms with van der Waals surface area (Å²) < 4.78 is 26.4. The highest BCUT2D eigenvalue weighted by atomic mass is 19.1. The first-order valence-corrected chi connectivity index (χ1v) is 8.26. The summed E-state index contributed by atoms with van der Waals surface area (Å²) in [6, 6.07) is 7.03. The van der Waals surface area contributed by atoms with E-state index in [2.05, 4.69) is 10.1 Å². The van der Waals surface area contributed by atoms with E-state index < -0.39 is 5.82 Å². The number of urea groups is 1. The Morgan fingerprint density at radius 1 is 1.12 bits per heavy atom. The van der Waals surface area contributed by atoms with Gasteiger partial charge in [0.1, 0.15) is 11.6 Å². The molecule has 1 atom stereocenters. The van der Waals surface area contributed by atoms with Crippen molar-refractivity contribution in [2.75, 3.05) is 13.1 Å². The zero-order valence-electron chi connectivity index (χ0n) is 13.8. The van der Waals surface area contributed by atoms with Crippen LogP contribution >= 0.6 is 0 Å². The third kappa shape index (κ3) is 3.20. The highest BCUT2D eigenvalue weighted by Crippen LogP contribution is 2.31. The highest BCUT2D eigenvalue weighted by Gasteiger charge is 2.35. The summed E-state index contributed by atoms with van der Waals surface area (Å²) in [5.41, 5.74) is 2.60. The minimum atomic E-state index is -0.435. The number of pyridine rings is 1. The molecule has 1 saturated heterocycles. The maximum absolute atomic E-state index is 13.4. The molecule has 0 bridgehead atoms. The summed E-state index contributed by atoms with van der Waals surface area (Å²) in [5.74, 6) is -0.711. The molecule has 132 valence electrons. The molecule has 0 spiro atoms. The monoisotopic (exact) mass is 354 g/mol. The number of rotatable bonds is 2. The highest BCUT2D eigenvalue weighted by molar-refractivity contribution is 5.80. The third-order valence-electron chi connectivity index (χ3n) is 4.44. The van der Waals surface area contributed by atoms with Crippen molar-refractivity contribution in [3.63, 3.8) is 0 Å². The van der Waals surface area contributed by atoms with Crippen LogP contribution in [-0.4, -0.2) is 40.2 Å². The fourth-order valence-electron chi connectivity index (χ4n) is 3.10. The van der Waals surface area contributed by atoms with Crippen LogP contribution in [0.5, 0.6) is 0 Å². The predicted molar refractivity (Wildman–Crippen MR) is 93.2 cm³/mol. The van der Waals surface area contributed by atoms with Crippen molar-refractivity contribution in [2.45, 2.75) is 12.5 Å². The summed E-state index contributed by atoms with van der Waals surface area (Å²) in [6.45, 7) is 0.993. The first kappa shape index (κ1) is 16.4. The maximum Gasteiger partial charge on any atom is 0.341 e. The molecule has 2 aliphatic rings. The lowest BCUT2D eigenvalue weighted by molar-refractivity contribution is 0.136. The molecule has 2 amide bonds. The van der Waals surface area contributed by atoms with Gasteiger partial charge in [0.05, 0.1) is 12.2 Å². The smallest absolute Gasteiger partial charge is 0.315 e. The van der Waals surface area contributed by atoms with Gasteiger partial charge in [-0.1, -0.05) is 18.2 Å². The number of halogens is 2. The molecule has 3 heterocycles. The van der Waals surface area contributed by atoms with Gasteiger partial charge in [0.15, 0.2) is 0 Å². The van der Waals surface area contributed by atoms with E-state index in [0.717, 1.165) is 17.3 Å². The molecule has 0 N–H and O–H groups in total. The summed E-state index contributed by atoms with van der Waals surface area (Å²) in [7, 11) is 0. The van der Waals surface area contributed by atoms with Crippen LogP contribution < -0.4 is 0 Å². The number of hydrogen-bond acceptors (Lipinski definition) is 3. The number of carbonyl (C=O) groups excluding carboxylic acids is 1. The second-order valence-electron chi connectivity index (χ2n) is 6.32. The topological polar surface area (TPSA) is 48.8 Å². The minimum absolute atomic E-state index is 0.218. The fourth-order valence-corrected chi connectivity index (χ4v) is 3.10. The number of carbonyl (C=O) groups is 1. The Hall–Kier alpha value is -3.09. The molecule has 2 aromatic rings. The first-order chi connectivity index (χ1) is 12.6. The fraction of sp³-hybridized carbons (Fsp3) is 0.211. The Kier molecular flexibility index (Phi) is 4.20. The van der Waals surface area contributed by atoms with E-state index in [1.165, 1.54) is 23.2 Å². The van der Waals surface area contributed by atoms with Crippen LogP contribution in [0.15, 0.2) is 53.4 Å². The van der Waals surface area contributed by atoms with Crippen molar-refractivity contribution in [1.82, 2.24) is 14.9 Å². The van der Waals surface area contributed by atoms with Gasteiger partial charge in [0.25, 0.3) is 0 Å². The molecule has 0 aliphatic carbocycles. The number of benzene rings is 1. The molecular weight excluding hydrogens is 338 g/mol. The van der Waals surface area contributed by atoms with Gasteiger partial charge in [-0.05, 0) is 34.9 Å². The average molecular weight is 354 g/mol. The molecule has 2 aliphatic heterocycles. The zero-order chi connectivity index (χ0) is 18.1. The van der Waals surface area contributed by atoms with Crippen molar-refractivity contribution < 1.29 is 13.6 Å². The Bertz CT molecular complexity index is 887. The van der Waals surface area contributed by atoms with Crippen LogP contribution in [0.25, 0.3) is 6.08 Å². The minimum Gasteiger partial charge on any atom is -0.315 e. The lowest BCUT2D eigenvalue weighted by Crippen LogP contribution is -2.49. The number of amides is 2. The number of aromatic nitrogens is 1. The van der Waals surface area contributed by atoms with Gasteiger partial charge in [-0.2, -0.15) is 5.10 Å². The molecule has 0 radical (unpaired) electrons. The van der Waals surface area contributed by atoms with Crippen molar-refractivity contribution in [3.8, 4) is 0 Å². The van der Waals surface area contributed by atoms with E-state index in [1.54, 1.807) is 29.4 Å². The van der Waals surface area contributed by atoms with Crippen LogP contribution in [0, 0.1) is 11.6 Å². The molecule has 7 heteroatoms. The second kappa shape index (κ2) is 6.67. The van der Waals surface area contributed by atoms with Gasteiger partial charge >= 0.3 is 6.03 Å². The number of hydrogen-bond donors (Lipinski definition) is 0. The van der Waals surface area contributed by atoms with Gasteiger partial charge < -0.3 is 4.90 Å². The van der Waals surface area contributed by atoms with Gasteiger partial charge in [-0.25, -0.2) is 18.6 Å². The Balaban J connectivity index is 1.42. The zero-order valence-corrected chi connectivity index (χ0v) is 13.8. The largest absolute Gasteiger partial charge is 0.341 e. The van der Waals surface area contributed by atoms with E-state index in [1.807, 2.05) is 6.08 Å². The second-order valence-corrected chi connectivity index (χ2v) is 6.32. The van der Waals surface area contributed by atoms with Crippen molar-refractivity contribution >= 4 is 18.3 Å². The maximum atomic E-state index is 13.4. The Morgan fingerprint density at radius 2 is 1.88 bits per heavy atom. The van der Waals surface area contributed by atoms with Crippen LogP contribution in [0.3, 0.4) is 0 Å². The normalized spacial score (nSPS) is 18.8. The molecule has 0 saturated carbocycles. The average Bonchev–Trinajstić information content (AvgIpc) is 3.08. The third-order valence-corrected chi connectivity index (χ3v) is 4.44. The van der Waals surface area contributed by atoms with Crippen molar-refractivity contribution in [3.05, 3.63) is 71.1 Å². The van der Waals surface area contributed by atoms with Gasteiger partial charge in [-0.15, -0.1) is 0 Å². The first-order valence-electron chi connectivity index (χ1n) is 8.26. The van der Waals surface area contributed by atoms with Crippen LogP contribution in [-0.2, 0) is 0 Å². The van der Waals surface area contributed by atoms with E-state index >= 15 is 0 Å². The molecule has 1 fully saturated rings. The Labute approximate surface area is 149 Å². The van der Waals surface area contributed by atoms with Crippen LogP contribution in [0.2, 0.25) is 0 Å². The van der Waals surface area contributed by atoms with E-state index in [9.17, 15) is 13.6 Å². The lowest BCUT2D eigenvalue weighted by atomic mass is 10.0. The van der Waals surface area contributed by atoms with Crippen LogP contribution in [0.1, 0.15) is 23.6 Å². The summed E-state index contributed by atoms with van der Waals surface area (Å²) in [5, 5.41) is 5.53. The van der Waals surface area contributed by atoms with E-state index in [-0.39, 0.29) is 17.9 Å². The molecule has 5 nitrogen and oxygen atoms in total. The van der Waals surface area contributed by atoms with E-state index in [0.29, 0.717) is 25.1 Å².